The monoisotopic (exact) mass is 278 g/mol. The first-order valence-electron chi connectivity index (χ1n) is 5.63. The van der Waals surface area contributed by atoms with Gasteiger partial charge in [0.1, 0.15) is 11.4 Å². The largest absolute Gasteiger partial charge is 0.492 e. The van der Waals surface area contributed by atoms with E-state index in [-0.39, 0.29) is 16.8 Å². The fraction of sp³-hybridized carbons (Fsp3) is 0.154. The SMILES string of the molecule is O=C1CCOc2cc(-c3nc(Cl)ncc3F)ccc21. The minimum Gasteiger partial charge on any atom is -0.492 e. The van der Waals surface area contributed by atoms with Gasteiger partial charge in [-0.3, -0.25) is 4.79 Å². The molecule has 0 saturated heterocycles. The number of ether oxygens (including phenoxy) is 1. The highest BCUT2D eigenvalue weighted by atomic mass is 35.5. The minimum absolute atomic E-state index is 0.0222. The van der Waals surface area contributed by atoms with E-state index in [1.807, 2.05) is 0 Å². The van der Waals surface area contributed by atoms with E-state index in [4.69, 9.17) is 16.3 Å². The molecule has 96 valence electrons. The van der Waals surface area contributed by atoms with Crippen LogP contribution < -0.4 is 4.74 Å². The lowest BCUT2D eigenvalue weighted by Gasteiger charge is -2.16. The molecule has 0 saturated carbocycles. The third-order valence-corrected chi connectivity index (χ3v) is 3.04. The molecular weight excluding hydrogens is 271 g/mol. The first kappa shape index (κ1) is 12.0. The van der Waals surface area contributed by atoms with Crippen molar-refractivity contribution in [1.29, 1.82) is 0 Å². The molecule has 1 aliphatic rings. The summed E-state index contributed by atoms with van der Waals surface area (Å²) in [5, 5.41) is -0.0360. The van der Waals surface area contributed by atoms with Gasteiger partial charge in [0.15, 0.2) is 11.6 Å². The Kier molecular flexibility index (Phi) is 2.91. The molecule has 4 nitrogen and oxygen atoms in total. The quantitative estimate of drug-likeness (QED) is 0.753. The van der Waals surface area contributed by atoms with Crippen LogP contribution >= 0.6 is 11.6 Å². The number of benzene rings is 1. The predicted molar refractivity (Wildman–Crippen MR) is 66.9 cm³/mol. The second kappa shape index (κ2) is 4.59. The van der Waals surface area contributed by atoms with Crippen molar-refractivity contribution < 1.29 is 13.9 Å². The first-order valence-corrected chi connectivity index (χ1v) is 6.01. The van der Waals surface area contributed by atoms with Crippen molar-refractivity contribution >= 4 is 17.4 Å². The summed E-state index contributed by atoms with van der Waals surface area (Å²) >= 11 is 5.66. The Morgan fingerprint density at radius 2 is 2.21 bits per heavy atom. The fourth-order valence-corrected chi connectivity index (χ4v) is 2.09. The number of nitrogens with zero attached hydrogens (tertiary/aromatic N) is 2. The van der Waals surface area contributed by atoms with E-state index < -0.39 is 5.82 Å². The van der Waals surface area contributed by atoms with Crippen LogP contribution in [0.25, 0.3) is 11.3 Å². The Bertz CT molecular complexity index is 676. The molecule has 0 bridgehead atoms. The number of carbonyl (C=O) groups excluding carboxylic acids is 1. The molecule has 0 amide bonds. The topological polar surface area (TPSA) is 52.1 Å². The molecule has 1 aliphatic heterocycles. The molecule has 6 heteroatoms. The van der Waals surface area contributed by atoms with Crippen LogP contribution in [0.15, 0.2) is 24.4 Å². The number of ketones is 1. The van der Waals surface area contributed by atoms with Gasteiger partial charge >= 0.3 is 0 Å². The van der Waals surface area contributed by atoms with Crippen molar-refractivity contribution in [2.24, 2.45) is 0 Å². The molecule has 2 heterocycles. The minimum atomic E-state index is -0.577. The molecule has 19 heavy (non-hydrogen) atoms. The van der Waals surface area contributed by atoms with Gasteiger partial charge in [0.05, 0.1) is 18.4 Å². The molecule has 1 aromatic carbocycles. The molecular formula is C13H8ClFN2O2. The van der Waals surface area contributed by atoms with Crippen LogP contribution in [0.1, 0.15) is 16.8 Å². The summed E-state index contributed by atoms with van der Waals surface area (Å²) in [5.41, 5.74) is 1.09. The van der Waals surface area contributed by atoms with E-state index in [9.17, 15) is 9.18 Å². The maximum absolute atomic E-state index is 13.7. The second-order valence-electron chi connectivity index (χ2n) is 4.07. The second-order valence-corrected chi connectivity index (χ2v) is 4.41. The maximum atomic E-state index is 13.7. The van der Waals surface area contributed by atoms with E-state index in [0.717, 1.165) is 6.20 Å². The number of rotatable bonds is 1. The van der Waals surface area contributed by atoms with E-state index in [1.165, 1.54) is 0 Å². The zero-order valence-electron chi connectivity index (χ0n) is 9.69. The van der Waals surface area contributed by atoms with Crippen molar-refractivity contribution in [3.63, 3.8) is 0 Å². The van der Waals surface area contributed by atoms with E-state index in [2.05, 4.69) is 9.97 Å². The lowest BCUT2D eigenvalue weighted by Crippen LogP contribution is -2.15. The molecule has 0 fully saturated rings. The number of hydrogen-bond donors (Lipinski definition) is 0. The summed E-state index contributed by atoms with van der Waals surface area (Å²) in [6.45, 7) is 0.336. The van der Waals surface area contributed by atoms with Gasteiger partial charge in [-0.1, -0.05) is 6.07 Å². The van der Waals surface area contributed by atoms with Crippen molar-refractivity contribution in [1.82, 2.24) is 9.97 Å². The summed E-state index contributed by atoms with van der Waals surface area (Å²) in [4.78, 5) is 19.1. The highest BCUT2D eigenvalue weighted by molar-refractivity contribution is 6.28. The third kappa shape index (κ3) is 2.17. The van der Waals surface area contributed by atoms with Crippen LogP contribution in [0.3, 0.4) is 0 Å². The van der Waals surface area contributed by atoms with Crippen molar-refractivity contribution in [3.05, 3.63) is 41.1 Å². The molecule has 1 aromatic heterocycles. The Balaban J connectivity index is 2.11. The third-order valence-electron chi connectivity index (χ3n) is 2.86. The average molecular weight is 279 g/mol. The van der Waals surface area contributed by atoms with Crippen LogP contribution in [0, 0.1) is 5.82 Å². The van der Waals surface area contributed by atoms with Gasteiger partial charge in [-0.15, -0.1) is 0 Å². The summed E-state index contributed by atoms with van der Waals surface area (Å²) in [7, 11) is 0. The summed E-state index contributed by atoms with van der Waals surface area (Å²) < 4.78 is 19.1. The van der Waals surface area contributed by atoms with Gasteiger partial charge < -0.3 is 4.74 Å². The lowest BCUT2D eigenvalue weighted by molar-refractivity contribution is 0.0933. The number of fused-ring (bicyclic) bond motifs is 1. The Morgan fingerprint density at radius 1 is 1.37 bits per heavy atom. The molecule has 0 atom stereocenters. The first-order chi connectivity index (χ1) is 9.15. The van der Waals surface area contributed by atoms with Crippen molar-refractivity contribution in [2.75, 3.05) is 6.61 Å². The zero-order valence-corrected chi connectivity index (χ0v) is 10.4. The Hall–Kier alpha value is -2.01. The van der Waals surface area contributed by atoms with Crippen LogP contribution in [-0.2, 0) is 0 Å². The molecule has 0 aliphatic carbocycles. The molecule has 0 N–H and O–H groups in total. The molecule has 3 rings (SSSR count). The van der Waals surface area contributed by atoms with E-state index >= 15 is 0 Å². The number of aromatic nitrogens is 2. The van der Waals surface area contributed by atoms with Gasteiger partial charge in [0.25, 0.3) is 0 Å². The van der Waals surface area contributed by atoms with E-state index in [1.54, 1.807) is 18.2 Å². The number of Topliss-reactive ketones (excluding diaryl/α,β-unsaturated/α-hetero) is 1. The Morgan fingerprint density at radius 3 is 3.05 bits per heavy atom. The van der Waals surface area contributed by atoms with Crippen molar-refractivity contribution in [3.8, 4) is 17.0 Å². The van der Waals surface area contributed by atoms with Gasteiger partial charge in [-0.25, -0.2) is 14.4 Å². The number of hydrogen-bond acceptors (Lipinski definition) is 4. The highest BCUT2D eigenvalue weighted by Gasteiger charge is 2.20. The normalized spacial score (nSPS) is 13.9. The van der Waals surface area contributed by atoms with E-state index in [0.29, 0.717) is 29.9 Å². The fourth-order valence-electron chi connectivity index (χ4n) is 1.96. The molecule has 0 unspecified atom stereocenters. The zero-order chi connectivity index (χ0) is 13.4. The maximum Gasteiger partial charge on any atom is 0.223 e. The van der Waals surface area contributed by atoms with Gasteiger partial charge in [0.2, 0.25) is 5.28 Å². The number of halogens is 2. The van der Waals surface area contributed by atoms with Crippen LogP contribution in [0.2, 0.25) is 5.28 Å². The molecule has 0 radical (unpaired) electrons. The predicted octanol–water partition coefficient (Wildman–Crippen LogP) is 2.90. The smallest absolute Gasteiger partial charge is 0.223 e. The highest BCUT2D eigenvalue weighted by Crippen LogP contribution is 2.31. The Labute approximate surface area is 113 Å². The van der Waals surface area contributed by atoms with Gasteiger partial charge in [-0.05, 0) is 23.7 Å². The summed E-state index contributed by atoms with van der Waals surface area (Å²) in [6, 6.07) is 4.82. The molecule has 2 aromatic rings. The van der Waals surface area contributed by atoms with Gasteiger partial charge in [-0.2, -0.15) is 0 Å². The summed E-state index contributed by atoms with van der Waals surface area (Å²) in [5.74, 6) is -0.108. The number of carbonyl (C=O) groups is 1. The van der Waals surface area contributed by atoms with Crippen LogP contribution in [0.4, 0.5) is 4.39 Å². The standard InChI is InChI=1S/C13H8ClFN2O2/c14-13-16-6-9(15)12(17-13)7-1-2-8-10(18)3-4-19-11(8)5-7/h1-2,5-6H,3-4H2. The summed E-state index contributed by atoms with van der Waals surface area (Å²) in [6.07, 6.45) is 1.37. The van der Waals surface area contributed by atoms with Crippen LogP contribution in [-0.4, -0.2) is 22.4 Å². The van der Waals surface area contributed by atoms with Crippen molar-refractivity contribution in [2.45, 2.75) is 6.42 Å². The van der Waals surface area contributed by atoms with Crippen LogP contribution in [0.5, 0.6) is 5.75 Å². The average Bonchev–Trinajstić information content (AvgIpc) is 2.41. The van der Waals surface area contributed by atoms with Gasteiger partial charge in [0, 0.05) is 12.0 Å². The molecule has 0 spiro atoms. The lowest BCUT2D eigenvalue weighted by atomic mass is 10.0.